The molecular formula is C12H12N2O3. The van der Waals surface area contributed by atoms with E-state index in [0.717, 1.165) is 5.69 Å². The van der Waals surface area contributed by atoms with Gasteiger partial charge in [-0.15, -0.1) is 0 Å². The largest absolute Gasteiger partial charge is 0.479 e. The van der Waals surface area contributed by atoms with E-state index in [1.807, 2.05) is 23.1 Å². The molecule has 0 aliphatic carbocycles. The van der Waals surface area contributed by atoms with Crippen molar-refractivity contribution in [2.45, 2.75) is 6.10 Å². The zero-order valence-corrected chi connectivity index (χ0v) is 9.17. The molecule has 1 aliphatic heterocycles. The smallest absolute Gasteiger partial charge is 0.334 e. The minimum absolute atomic E-state index is 0.335. The van der Waals surface area contributed by atoms with E-state index in [1.165, 1.54) is 0 Å². The Hall–Kier alpha value is -2.06. The highest BCUT2D eigenvalue weighted by atomic mass is 16.5. The lowest BCUT2D eigenvalue weighted by Crippen LogP contribution is -2.46. The first-order valence-electron chi connectivity index (χ1n) is 5.30. The van der Waals surface area contributed by atoms with Crippen LogP contribution in [0.5, 0.6) is 0 Å². The second kappa shape index (κ2) is 4.85. The summed E-state index contributed by atoms with van der Waals surface area (Å²) in [5.74, 6) is -0.941. The summed E-state index contributed by atoms with van der Waals surface area (Å²) in [6.07, 6.45) is -0.778. The molecular weight excluding hydrogens is 220 g/mol. The summed E-state index contributed by atoms with van der Waals surface area (Å²) in [5.41, 5.74) is 1.51. The highest BCUT2D eigenvalue weighted by Crippen LogP contribution is 2.18. The van der Waals surface area contributed by atoms with Crippen LogP contribution in [0.25, 0.3) is 0 Å². The molecule has 5 nitrogen and oxygen atoms in total. The fourth-order valence-electron chi connectivity index (χ4n) is 1.78. The van der Waals surface area contributed by atoms with Gasteiger partial charge in [0.1, 0.15) is 0 Å². The molecule has 1 atom stereocenters. The molecule has 2 rings (SSSR count). The van der Waals surface area contributed by atoms with E-state index in [-0.39, 0.29) is 0 Å². The SMILES string of the molecule is N#Cc1ccc(N2CCOC(C(=O)O)C2)cc1. The molecule has 1 aliphatic rings. The van der Waals surface area contributed by atoms with Crippen molar-refractivity contribution in [1.82, 2.24) is 0 Å². The van der Waals surface area contributed by atoms with Crippen molar-refractivity contribution in [3.8, 4) is 6.07 Å². The van der Waals surface area contributed by atoms with E-state index in [0.29, 0.717) is 25.3 Å². The molecule has 17 heavy (non-hydrogen) atoms. The molecule has 1 aromatic carbocycles. The van der Waals surface area contributed by atoms with E-state index < -0.39 is 12.1 Å². The highest BCUT2D eigenvalue weighted by Gasteiger charge is 2.26. The Balaban J connectivity index is 2.11. The van der Waals surface area contributed by atoms with Crippen molar-refractivity contribution in [2.24, 2.45) is 0 Å². The van der Waals surface area contributed by atoms with Crippen molar-refractivity contribution in [1.29, 1.82) is 5.26 Å². The number of carbonyl (C=O) groups is 1. The maximum absolute atomic E-state index is 10.8. The maximum atomic E-state index is 10.8. The third-order valence-corrected chi connectivity index (χ3v) is 2.70. The van der Waals surface area contributed by atoms with Gasteiger partial charge in [0, 0.05) is 12.2 Å². The molecule has 88 valence electrons. The Morgan fingerprint density at radius 3 is 2.76 bits per heavy atom. The first-order chi connectivity index (χ1) is 8.20. The molecule has 1 fully saturated rings. The van der Waals surface area contributed by atoms with Crippen molar-refractivity contribution >= 4 is 11.7 Å². The highest BCUT2D eigenvalue weighted by molar-refractivity contribution is 5.73. The lowest BCUT2D eigenvalue weighted by molar-refractivity contribution is -0.150. The van der Waals surface area contributed by atoms with Gasteiger partial charge >= 0.3 is 5.97 Å². The normalized spacial score (nSPS) is 19.7. The number of anilines is 1. The molecule has 1 saturated heterocycles. The molecule has 0 saturated carbocycles. The fourth-order valence-corrected chi connectivity index (χ4v) is 1.78. The van der Waals surface area contributed by atoms with Crippen LogP contribution < -0.4 is 4.90 Å². The molecule has 0 bridgehead atoms. The van der Waals surface area contributed by atoms with E-state index in [4.69, 9.17) is 15.1 Å². The summed E-state index contributed by atoms with van der Waals surface area (Å²) in [6, 6.07) is 9.14. The topological polar surface area (TPSA) is 73.6 Å². The average molecular weight is 232 g/mol. The van der Waals surface area contributed by atoms with Crippen LogP contribution in [0.2, 0.25) is 0 Å². The maximum Gasteiger partial charge on any atom is 0.334 e. The third kappa shape index (κ3) is 2.55. The Kier molecular flexibility index (Phi) is 3.26. The molecule has 0 amide bonds. The molecule has 1 aromatic rings. The van der Waals surface area contributed by atoms with Gasteiger partial charge in [-0.2, -0.15) is 5.26 Å². The van der Waals surface area contributed by atoms with Crippen molar-refractivity contribution in [3.63, 3.8) is 0 Å². The lowest BCUT2D eigenvalue weighted by atomic mass is 10.2. The van der Waals surface area contributed by atoms with Crippen LogP contribution in [0.15, 0.2) is 24.3 Å². The van der Waals surface area contributed by atoms with Gasteiger partial charge in [-0.1, -0.05) is 0 Å². The van der Waals surface area contributed by atoms with Gasteiger partial charge in [0.05, 0.1) is 24.8 Å². The van der Waals surface area contributed by atoms with Gasteiger partial charge in [0.25, 0.3) is 0 Å². The Morgan fingerprint density at radius 1 is 1.47 bits per heavy atom. The van der Waals surface area contributed by atoms with Gasteiger partial charge in [-0.25, -0.2) is 4.79 Å². The van der Waals surface area contributed by atoms with Crippen molar-refractivity contribution in [3.05, 3.63) is 29.8 Å². The van der Waals surface area contributed by atoms with Crippen molar-refractivity contribution < 1.29 is 14.6 Å². The number of benzene rings is 1. The number of nitrogens with zero attached hydrogens (tertiary/aromatic N) is 2. The number of rotatable bonds is 2. The molecule has 0 radical (unpaired) electrons. The second-order valence-corrected chi connectivity index (χ2v) is 3.80. The third-order valence-electron chi connectivity index (χ3n) is 2.70. The Bertz CT molecular complexity index is 450. The number of carboxylic acid groups (broad SMARTS) is 1. The zero-order chi connectivity index (χ0) is 12.3. The number of carboxylic acids is 1. The predicted octanol–water partition coefficient (Wildman–Crippen LogP) is 0.848. The summed E-state index contributed by atoms with van der Waals surface area (Å²) in [6.45, 7) is 1.40. The first kappa shape index (κ1) is 11.4. The molecule has 1 heterocycles. The number of nitriles is 1. The van der Waals surface area contributed by atoms with Crippen LogP contribution in [0, 0.1) is 11.3 Å². The average Bonchev–Trinajstić information content (AvgIpc) is 2.39. The summed E-state index contributed by atoms with van der Waals surface area (Å²) < 4.78 is 5.14. The van der Waals surface area contributed by atoms with Crippen LogP contribution in [0.3, 0.4) is 0 Å². The number of ether oxygens (including phenoxy) is 1. The predicted molar refractivity (Wildman–Crippen MR) is 60.7 cm³/mol. The van der Waals surface area contributed by atoms with Gasteiger partial charge in [0.2, 0.25) is 0 Å². The lowest BCUT2D eigenvalue weighted by Gasteiger charge is -2.32. The van der Waals surface area contributed by atoms with Crippen LogP contribution in [0.1, 0.15) is 5.56 Å². The quantitative estimate of drug-likeness (QED) is 0.818. The molecule has 1 N–H and O–H groups in total. The number of hydrogen-bond acceptors (Lipinski definition) is 4. The van der Waals surface area contributed by atoms with Gasteiger partial charge < -0.3 is 14.7 Å². The van der Waals surface area contributed by atoms with Crippen LogP contribution in [0.4, 0.5) is 5.69 Å². The first-order valence-corrected chi connectivity index (χ1v) is 5.30. The molecule has 1 unspecified atom stereocenters. The second-order valence-electron chi connectivity index (χ2n) is 3.80. The van der Waals surface area contributed by atoms with E-state index in [1.54, 1.807) is 12.1 Å². The summed E-state index contributed by atoms with van der Waals surface area (Å²) in [7, 11) is 0. The number of aliphatic carboxylic acids is 1. The fraction of sp³-hybridized carbons (Fsp3) is 0.333. The Labute approximate surface area is 98.8 Å². The summed E-state index contributed by atoms with van der Waals surface area (Å²) >= 11 is 0. The van der Waals surface area contributed by atoms with E-state index in [2.05, 4.69) is 0 Å². The molecule has 0 aromatic heterocycles. The minimum Gasteiger partial charge on any atom is -0.479 e. The standard InChI is InChI=1S/C12H12N2O3/c13-7-9-1-3-10(4-2-9)14-5-6-17-11(8-14)12(15)16/h1-4,11H,5-6,8H2,(H,15,16). The van der Waals surface area contributed by atoms with Crippen molar-refractivity contribution in [2.75, 3.05) is 24.6 Å². The summed E-state index contributed by atoms with van der Waals surface area (Å²) in [5, 5.41) is 17.6. The number of morpholine rings is 1. The number of hydrogen-bond donors (Lipinski definition) is 1. The van der Waals surface area contributed by atoms with Gasteiger partial charge in [-0.3, -0.25) is 0 Å². The Morgan fingerprint density at radius 2 is 2.18 bits per heavy atom. The van der Waals surface area contributed by atoms with Crippen LogP contribution in [-0.2, 0) is 9.53 Å². The van der Waals surface area contributed by atoms with Crippen LogP contribution >= 0.6 is 0 Å². The van der Waals surface area contributed by atoms with Gasteiger partial charge in [-0.05, 0) is 24.3 Å². The molecule has 0 spiro atoms. The zero-order valence-electron chi connectivity index (χ0n) is 9.17. The minimum atomic E-state index is -0.941. The van der Waals surface area contributed by atoms with Crippen LogP contribution in [-0.4, -0.2) is 36.9 Å². The monoisotopic (exact) mass is 232 g/mol. The van der Waals surface area contributed by atoms with Gasteiger partial charge in [0.15, 0.2) is 6.10 Å². The van der Waals surface area contributed by atoms with E-state index in [9.17, 15) is 4.79 Å². The molecule has 5 heteroatoms. The summed E-state index contributed by atoms with van der Waals surface area (Å²) in [4.78, 5) is 12.8. The van der Waals surface area contributed by atoms with E-state index >= 15 is 0 Å².